The van der Waals surface area contributed by atoms with Crippen molar-refractivity contribution in [2.24, 2.45) is 5.92 Å². The third-order valence-corrected chi connectivity index (χ3v) is 5.30. The van der Waals surface area contributed by atoms with Crippen molar-refractivity contribution in [2.45, 2.75) is 63.7 Å². The van der Waals surface area contributed by atoms with Gasteiger partial charge in [-0.3, -0.25) is 4.79 Å². The van der Waals surface area contributed by atoms with Crippen molar-refractivity contribution < 1.29 is 18.0 Å². The van der Waals surface area contributed by atoms with Crippen molar-refractivity contribution in [2.75, 3.05) is 13.1 Å². The van der Waals surface area contributed by atoms with Crippen LogP contribution in [0.4, 0.5) is 13.2 Å². The maximum atomic E-state index is 13.2. The smallest absolute Gasteiger partial charge is 0.347 e. The number of carbonyl (C=O) groups excluding carboxylic acids is 1. The van der Waals surface area contributed by atoms with Crippen molar-refractivity contribution >= 4 is 5.91 Å². The first-order valence-electron chi connectivity index (χ1n) is 8.88. The summed E-state index contributed by atoms with van der Waals surface area (Å²) in [6.45, 7) is 3.50. The van der Waals surface area contributed by atoms with Crippen LogP contribution in [0.3, 0.4) is 0 Å². The number of alkyl halides is 3. The lowest BCUT2D eigenvalue weighted by Gasteiger charge is -2.33. The van der Waals surface area contributed by atoms with Crippen LogP contribution in [0.5, 0.6) is 0 Å². The Morgan fingerprint density at radius 2 is 1.88 bits per heavy atom. The molecule has 1 aromatic rings. The third kappa shape index (κ3) is 3.96. The van der Waals surface area contributed by atoms with Crippen molar-refractivity contribution in [1.82, 2.24) is 25.6 Å². The van der Waals surface area contributed by atoms with Crippen molar-refractivity contribution in [3.05, 3.63) is 11.4 Å². The molecule has 1 aliphatic heterocycles. The van der Waals surface area contributed by atoms with Gasteiger partial charge in [0.15, 0.2) is 5.69 Å². The molecule has 2 fully saturated rings. The molecule has 0 unspecified atom stereocenters. The Kier molecular flexibility index (Phi) is 5.31. The normalized spacial score (nSPS) is 25.8. The second-order valence-electron chi connectivity index (χ2n) is 6.96. The predicted molar refractivity (Wildman–Crippen MR) is 85.2 cm³/mol. The topological polar surface area (TPSA) is 71.8 Å². The molecule has 1 amide bonds. The van der Waals surface area contributed by atoms with Gasteiger partial charge in [0.2, 0.25) is 0 Å². The molecule has 6 nitrogen and oxygen atoms in total. The summed E-state index contributed by atoms with van der Waals surface area (Å²) in [6.07, 6.45) is -0.861. The van der Waals surface area contributed by atoms with Gasteiger partial charge in [-0.2, -0.15) is 13.2 Å². The van der Waals surface area contributed by atoms with Gasteiger partial charge < -0.3 is 10.6 Å². The van der Waals surface area contributed by atoms with Gasteiger partial charge in [0.1, 0.15) is 0 Å². The van der Waals surface area contributed by atoms with Crippen LogP contribution >= 0.6 is 0 Å². The summed E-state index contributed by atoms with van der Waals surface area (Å²) in [5, 5.41) is 13.8. The highest BCUT2D eigenvalue weighted by Crippen LogP contribution is 2.37. The molecule has 3 rings (SSSR count). The van der Waals surface area contributed by atoms with Crippen LogP contribution in [0.2, 0.25) is 0 Å². The predicted octanol–water partition coefficient (Wildman–Crippen LogP) is 2.36. The Hall–Kier alpha value is -1.64. The Bertz CT molecular complexity index is 609. The minimum absolute atomic E-state index is 0.0647. The third-order valence-electron chi connectivity index (χ3n) is 5.30. The highest BCUT2D eigenvalue weighted by atomic mass is 19.4. The molecular weight excluding hydrogens is 335 g/mol. The molecular formula is C16H24F3N5O. The number of aromatic nitrogens is 3. The van der Waals surface area contributed by atoms with Gasteiger partial charge in [-0.15, -0.1) is 5.10 Å². The summed E-state index contributed by atoms with van der Waals surface area (Å²) in [6, 6.07) is -0.711. The summed E-state index contributed by atoms with van der Waals surface area (Å²) < 4.78 is 41.3. The fourth-order valence-corrected chi connectivity index (χ4v) is 3.88. The standard InChI is InChI=1S/C16H24F3N5O/c1-10-14(22-23-24(10)11-6-8-20-9-7-11)15(25)21-13-5-3-2-4-12(13)16(17,18)19/h11-13,20H,2-9H2,1H3,(H,21,25)/t12-,13+/m1/s1. The average molecular weight is 359 g/mol. The Morgan fingerprint density at radius 3 is 2.56 bits per heavy atom. The van der Waals surface area contributed by atoms with Crippen LogP contribution < -0.4 is 10.6 Å². The molecule has 2 aliphatic rings. The number of amides is 1. The van der Waals surface area contributed by atoms with Crippen LogP contribution in [-0.4, -0.2) is 46.2 Å². The van der Waals surface area contributed by atoms with Crippen molar-refractivity contribution in [3.63, 3.8) is 0 Å². The number of nitrogens with one attached hydrogen (secondary N) is 2. The molecule has 0 spiro atoms. The fourth-order valence-electron chi connectivity index (χ4n) is 3.88. The molecule has 2 atom stereocenters. The highest BCUT2D eigenvalue weighted by molar-refractivity contribution is 5.93. The van der Waals surface area contributed by atoms with E-state index in [2.05, 4.69) is 20.9 Å². The molecule has 1 saturated carbocycles. The molecule has 0 aromatic carbocycles. The SMILES string of the molecule is Cc1c(C(=O)N[C@H]2CCCC[C@H]2C(F)(F)F)nnn1C1CCNCC1. The second-order valence-corrected chi connectivity index (χ2v) is 6.96. The van der Waals surface area contributed by atoms with E-state index in [9.17, 15) is 18.0 Å². The summed E-state index contributed by atoms with van der Waals surface area (Å²) in [4.78, 5) is 12.5. The van der Waals surface area contributed by atoms with Crippen LogP contribution in [0.25, 0.3) is 0 Å². The Labute approximate surface area is 144 Å². The van der Waals surface area contributed by atoms with E-state index in [1.54, 1.807) is 11.6 Å². The lowest BCUT2D eigenvalue weighted by Crippen LogP contribution is -2.47. The van der Waals surface area contributed by atoms with Crippen LogP contribution in [0.1, 0.15) is 60.7 Å². The molecule has 1 aliphatic carbocycles. The molecule has 0 radical (unpaired) electrons. The fraction of sp³-hybridized carbons (Fsp3) is 0.812. The molecule has 1 aromatic heterocycles. The molecule has 140 valence electrons. The number of piperidine rings is 1. The van der Waals surface area contributed by atoms with Crippen LogP contribution in [0, 0.1) is 12.8 Å². The minimum Gasteiger partial charge on any atom is -0.347 e. The molecule has 2 heterocycles. The first-order valence-corrected chi connectivity index (χ1v) is 8.88. The van der Waals surface area contributed by atoms with Gasteiger partial charge in [0.05, 0.1) is 17.7 Å². The Balaban J connectivity index is 1.71. The van der Waals surface area contributed by atoms with E-state index < -0.39 is 24.0 Å². The van der Waals surface area contributed by atoms with Crippen LogP contribution in [-0.2, 0) is 0 Å². The second kappa shape index (κ2) is 7.31. The number of hydrogen-bond acceptors (Lipinski definition) is 4. The molecule has 0 bridgehead atoms. The van der Waals surface area contributed by atoms with Gasteiger partial charge >= 0.3 is 6.18 Å². The van der Waals surface area contributed by atoms with Crippen molar-refractivity contribution in [1.29, 1.82) is 0 Å². The summed E-state index contributed by atoms with van der Waals surface area (Å²) in [5.74, 6) is -2.04. The van der Waals surface area contributed by atoms with E-state index in [1.807, 2.05) is 0 Å². The largest absolute Gasteiger partial charge is 0.393 e. The zero-order chi connectivity index (χ0) is 18.0. The number of hydrogen-bond donors (Lipinski definition) is 2. The summed E-state index contributed by atoms with van der Waals surface area (Å²) in [7, 11) is 0. The van der Waals surface area contributed by atoms with E-state index >= 15 is 0 Å². The van der Waals surface area contributed by atoms with E-state index in [4.69, 9.17) is 0 Å². The number of carbonyl (C=O) groups is 1. The summed E-state index contributed by atoms with van der Waals surface area (Å²) >= 11 is 0. The summed E-state index contributed by atoms with van der Waals surface area (Å²) in [5.41, 5.74) is 0.744. The maximum absolute atomic E-state index is 13.2. The van der Waals surface area contributed by atoms with E-state index in [0.717, 1.165) is 25.9 Å². The number of nitrogens with zero attached hydrogens (tertiary/aromatic N) is 3. The zero-order valence-electron chi connectivity index (χ0n) is 14.3. The molecule has 2 N–H and O–H groups in total. The van der Waals surface area contributed by atoms with Gasteiger partial charge in [-0.1, -0.05) is 18.1 Å². The van der Waals surface area contributed by atoms with Gasteiger partial charge in [0.25, 0.3) is 5.91 Å². The molecule has 1 saturated heterocycles. The first-order chi connectivity index (χ1) is 11.9. The number of halogens is 3. The Morgan fingerprint density at radius 1 is 1.20 bits per heavy atom. The maximum Gasteiger partial charge on any atom is 0.393 e. The van der Waals surface area contributed by atoms with Crippen molar-refractivity contribution in [3.8, 4) is 0 Å². The zero-order valence-corrected chi connectivity index (χ0v) is 14.3. The van der Waals surface area contributed by atoms with Gasteiger partial charge in [0, 0.05) is 6.04 Å². The van der Waals surface area contributed by atoms with Gasteiger partial charge in [-0.05, 0) is 45.7 Å². The average Bonchev–Trinajstić information content (AvgIpc) is 2.97. The highest BCUT2D eigenvalue weighted by Gasteiger charge is 2.46. The van der Waals surface area contributed by atoms with Gasteiger partial charge in [-0.25, -0.2) is 4.68 Å². The van der Waals surface area contributed by atoms with E-state index in [0.29, 0.717) is 25.0 Å². The quantitative estimate of drug-likeness (QED) is 0.869. The first kappa shape index (κ1) is 18.2. The minimum atomic E-state index is -4.29. The van der Waals surface area contributed by atoms with E-state index in [1.165, 1.54) is 0 Å². The van der Waals surface area contributed by atoms with Crippen LogP contribution in [0.15, 0.2) is 0 Å². The molecule has 9 heteroatoms. The van der Waals surface area contributed by atoms with E-state index in [-0.39, 0.29) is 18.2 Å². The number of rotatable bonds is 3. The molecule has 25 heavy (non-hydrogen) atoms. The lowest BCUT2D eigenvalue weighted by atomic mass is 9.84. The monoisotopic (exact) mass is 359 g/mol. The lowest BCUT2D eigenvalue weighted by molar-refractivity contribution is -0.187.